The van der Waals surface area contributed by atoms with Gasteiger partial charge in [-0.25, -0.2) is 0 Å². The Bertz CT molecular complexity index is 559. The Morgan fingerprint density at radius 2 is 2.22 bits per heavy atom. The largest absolute Gasteiger partial charge is 0.376 e. The van der Waals surface area contributed by atoms with E-state index in [0.29, 0.717) is 31.6 Å². The SMILES string of the molecule is CNC(=O)CC[C@]1(OC)CCCN(C(=O)c2ccc(C)cn2)C1. The molecule has 1 aromatic heterocycles. The molecular formula is C17H25N3O3. The molecule has 0 radical (unpaired) electrons. The fourth-order valence-electron chi connectivity index (χ4n) is 2.97. The molecule has 1 aliphatic rings. The molecule has 6 heteroatoms. The fraction of sp³-hybridized carbons (Fsp3) is 0.588. The number of nitrogens with one attached hydrogen (secondary N) is 1. The summed E-state index contributed by atoms with van der Waals surface area (Å²) in [6, 6.07) is 3.64. The summed E-state index contributed by atoms with van der Waals surface area (Å²) in [6.45, 7) is 3.13. The van der Waals surface area contributed by atoms with Crippen LogP contribution in [0.25, 0.3) is 0 Å². The number of rotatable bonds is 5. The van der Waals surface area contributed by atoms with Crippen LogP contribution >= 0.6 is 0 Å². The van der Waals surface area contributed by atoms with E-state index in [9.17, 15) is 9.59 Å². The molecule has 0 aliphatic carbocycles. The Kier molecular flexibility index (Phi) is 5.71. The van der Waals surface area contributed by atoms with E-state index in [2.05, 4.69) is 10.3 Å². The molecule has 1 aliphatic heterocycles. The molecule has 23 heavy (non-hydrogen) atoms. The predicted molar refractivity (Wildman–Crippen MR) is 87.2 cm³/mol. The van der Waals surface area contributed by atoms with Gasteiger partial charge in [0.05, 0.1) is 12.1 Å². The third-order valence-electron chi connectivity index (χ3n) is 4.48. The van der Waals surface area contributed by atoms with Gasteiger partial charge in [0.1, 0.15) is 5.69 Å². The molecule has 6 nitrogen and oxygen atoms in total. The summed E-state index contributed by atoms with van der Waals surface area (Å²) in [5, 5.41) is 2.63. The van der Waals surface area contributed by atoms with Crippen molar-refractivity contribution in [3.63, 3.8) is 0 Å². The highest BCUT2D eigenvalue weighted by Crippen LogP contribution is 2.30. The number of aromatic nitrogens is 1. The zero-order valence-electron chi connectivity index (χ0n) is 14.1. The minimum Gasteiger partial charge on any atom is -0.376 e. The zero-order chi connectivity index (χ0) is 16.9. The first kappa shape index (κ1) is 17.4. The van der Waals surface area contributed by atoms with Crippen LogP contribution in [0.2, 0.25) is 0 Å². The molecule has 0 spiro atoms. The van der Waals surface area contributed by atoms with Crippen LogP contribution in [-0.4, -0.2) is 54.5 Å². The van der Waals surface area contributed by atoms with Crippen molar-refractivity contribution in [2.45, 2.75) is 38.2 Å². The molecule has 2 amide bonds. The maximum Gasteiger partial charge on any atom is 0.272 e. The molecule has 1 aromatic rings. The highest BCUT2D eigenvalue weighted by atomic mass is 16.5. The van der Waals surface area contributed by atoms with E-state index in [-0.39, 0.29) is 11.8 Å². The van der Waals surface area contributed by atoms with Crippen LogP contribution in [0.3, 0.4) is 0 Å². The smallest absolute Gasteiger partial charge is 0.272 e. The van der Waals surface area contributed by atoms with Crippen molar-refractivity contribution in [1.29, 1.82) is 0 Å². The summed E-state index contributed by atoms with van der Waals surface area (Å²) in [6.07, 6.45) is 4.42. The van der Waals surface area contributed by atoms with Crippen molar-refractivity contribution >= 4 is 11.8 Å². The summed E-state index contributed by atoms with van der Waals surface area (Å²) in [4.78, 5) is 30.2. The molecule has 1 saturated heterocycles. The lowest BCUT2D eigenvalue weighted by Gasteiger charge is -2.41. The van der Waals surface area contributed by atoms with Gasteiger partial charge in [-0.2, -0.15) is 0 Å². The highest BCUT2D eigenvalue weighted by Gasteiger charge is 2.37. The van der Waals surface area contributed by atoms with Crippen LogP contribution in [0.5, 0.6) is 0 Å². The van der Waals surface area contributed by atoms with E-state index < -0.39 is 5.60 Å². The number of amides is 2. The van der Waals surface area contributed by atoms with Crippen LogP contribution in [0, 0.1) is 6.92 Å². The maximum absolute atomic E-state index is 12.6. The molecule has 0 saturated carbocycles. The van der Waals surface area contributed by atoms with Gasteiger partial charge in [-0.1, -0.05) is 6.07 Å². The second-order valence-electron chi connectivity index (χ2n) is 6.11. The summed E-state index contributed by atoms with van der Waals surface area (Å²) in [5.74, 6) is -0.0869. The van der Waals surface area contributed by atoms with Crippen molar-refractivity contribution in [3.05, 3.63) is 29.6 Å². The minimum atomic E-state index is -0.453. The number of piperidine rings is 1. The Labute approximate surface area is 137 Å². The lowest BCUT2D eigenvalue weighted by molar-refractivity contribution is -0.123. The van der Waals surface area contributed by atoms with Gasteiger partial charge in [0.15, 0.2) is 0 Å². The highest BCUT2D eigenvalue weighted by molar-refractivity contribution is 5.92. The first-order valence-corrected chi connectivity index (χ1v) is 7.97. The molecule has 1 atom stereocenters. The third-order valence-corrected chi connectivity index (χ3v) is 4.48. The van der Waals surface area contributed by atoms with E-state index >= 15 is 0 Å². The number of ether oxygens (including phenoxy) is 1. The average Bonchev–Trinajstić information content (AvgIpc) is 2.60. The molecule has 0 unspecified atom stereocenters. The predicted octanol–water partition coefficient (Wildman–Crippen LogP) is 1.54. The van der Waals surface area contributed by atoms with Crippen LogP contribution in [0.15, 0.2) is 18.3 Å². The maximum atomic E-state index is 12.6. The number of pyridine rings is 1. The second-order valence-corrected chi connectivity index (χ2v) is 6.11. The van der Waals surface area contributed by atoms with E-state index in [4.69, 9.17) is 4.74 Å². The zero-order valence-corrected chi connectivity index (χ0v) is 14.1. The summed E-state index contributed by atoms with van der Waals surface area (Å²) in [7, 11) is 3.28. The van der Waals surface area contributed by atoms with Gasteiger partial charge in [0, 0.05) is 33.3 Å². The van der Waals surface area contributed by atoms with Crippen molar-refractivity contribution in [2.24, 2.45) is 0 Å². The van der Waals surface area contributed by atoms with E-state index in [1.165, 1.54) is 0 Å². The van der Waals surface area contributed by atoms with Crippen molar-refractivity contribution in [3.8, 4) is 0 Å². The number of methoxy groups -OCH3 is 1. The van der Waals surface area contributed by atoms with Gasteiger partial charge >= 0.3 is 0 Å². The molecule has 0 aromatic carbocycles. The van der Waals surface area contributed by atoms with E-state index in [1.54, 1.807) is 31.3 Å². The minimum absolute atomic E-state index is 0.00919. The number of nitrogens with zero attached hydrogens (tertiary/aromatic N) is 2. The number of carbonyl (C=O) groups excluding carboxylic acids is 2. The summed E-state index contributed by atoms with van der Waals surface area (Å²) >= 11 is 0. The lowest BCUT2D eigenvalue weighted by atomic mass is 9.87. The van der Waals surface area contributed by atoms with Gasteiger partial charge in [-0.15, -0.1) is 0 Å². The van der Waals surface area contributed by atoms with E-state index in [0.717, 1.165) is 18.4 Å². The molecule has 2 heterocycles. The number of hydrogen-bond acceptors (Lipinski definition) is 4. The van der Waals surface area contributed by atoms with Crippen LogP contribution < -0.4 is 5.32 Å². The van der Waals surface area contributed by atoms with Crippen LogP contribution in [0.4, 0.5) is 0 Å². The fourth-order valence-corrected chi connectivity index (χ4v) is 2.97. The van der Waals surface area contributed by atoms with Crippen molar-refractivity contribution in [1.82, 2.24) is 15.2 Å². The number of likely N-dealkylation sites (tertiary alicyclic amines) is 1. The first-order valence-electron chi connectivity index (χ1n) is 7.97. The Morgan fingerprint density at radius 3 is 2.83 bits per heavy atom. The Balaban J connectivity index is 2.07. The van der Waals surface area contributed by atoms with Crippen molar-refractivity contribution in [2.75, 3.05) is 27.2 Å². The first-order chi connectivity index (χ1) is 11.0. The van der Waals surface area contributed by atoms with Gasteiger partial charge in [-0.3, -0.25) is 14.6 Å². The van der Waals surface area contributed by atoms with Gasteiger partial charge in [0.2, 0.25) is 5.91 Å². The quantitative estimate of drug-likeness (QED) is 0.893. The molecule has 1 N–H and O–H groups in total. The average molecular weight is 319 g/mol. The Hall–Kier alpha value is -1.95. The molecule has 2 rings (SSSR count). The topological polar surface area (TPSA) is 71.5 Å². The number of hydrogen-bond donors (Lipinski definition) is 1. The summed E-state index contributed by atoms with van der Waals surface area (Å²) < 4.78 is 5.71. The standard InChI is InChI=1S/C17H25N3O3/c1-13-5-6-14(19-11-13)16(22)20-10-4-8-17(12-20,23-3)9-7-15(21)18-2/h5-6,11H,4,7-10,12H2,1-3H3,(H,18,21)/t17-/m1/s1. The molecular weight excluding hydrogens is 294 g/mol. The monoisotopic (exact) mass is 319 g/mol. The molecule has 126 valence electrons. The second kappa shape index (κ2) is 7.55. The van der Waals surface area contributed by atoms with Gasteiger partial charge < -0.3 is 15.0 Å². The normalized spacial score (nSPS) is 21.1. The number of carbonyl (C=O) groups is 2. The van der Waals surface area contributed by atoms with Gasteiger partial charge in [-0.05, 0) is 37.8 Å². The van der Waals surface area contributed by atoms with Crippen molar-refractivity contribution < 1.29 is 14.3 Å². The van der Waals surface area contributed by atoms with Crippen LogP contribution in [-0.2, 0) is 9.53 Å². The molecule has 0 bridgehead atoms. The van der Waals surface area contributed by atoms with Crippen LogP contribution in [0.1, 0.15) is 41.7 Å². The lowest BCUT2D eigenvalue weighted by Crippen LogP contribution is -2.51. The third kappa shape index (κ3) is 4.28. The molecule has 1 fully saturated rings. The van der Waals surface area contributed by atoms with E-state index in [1.807, 2.05) is 13.0 Å². The summed E-state index contributed by atoms with van der Waals surface area (Å²) in [5.41, 5.74) is 1.02. The Morgan fingerprint density at radius 1 is 1.43 bits per heavy atom. The number of aryl methyl sites for hydroxylation is 1. The van der Waals surface area contributed by atoms with Gasteiger partial charge in [0.25, 0.3) is 5.91 Å².